The summed E-state index contributed by atoms with van der Waals surface area (Å²) in [6, 6.07) is 0. The van der Waals surface area contributed by atoms with E-state index in [2.05, 4.69) is 0 Å². The zero-order chi connectivity index (χ0) is 14.2. The fourth-order valence-corrected chi connectivity index (χ4v) is 2.06. The smallest absolute Gasteiger partial charge is 0.186 e. The predicted octanol–water partition coefficient (Wildman–Crippen LogP) is -4.12. The molecule has 2 unspecified atom stereocenters. The molecule has 2 fully saturated rings. The monoisotopic (exact) mass is 282 g/mol. The molecule has 0 aliphatic carbocycles. The van der Waals surface area contributed by atoms with Gasteiger partial charge in [-0.1, -0.05) is 0 Å². The van der Waals surface area contributed by atoms with Gasteiger partial charge in [0, 0.05) is 0 Å². The molecule has 0 aromatic rings. The standard InChI is InChI=1S/C10H18O9/c11-1-3-5(12)8(15)10(19-3)17-2-4-6(13)7(14)9(16)18-4/h3-16H,1-2H2/t3-,4-,5-,6-,7+,8+,9?,10?/m1/s1. The van der Waals surface area contributed by atoms with E-state index in [0.29, 0.717) is 0 Å². The van der Waals surface area contributed by atoms with Crippen molar-refractivity contribution < 1.29 is 44.8 Å². The minimum absolute atomic E-state index is 0.262. The Balaban J connectivity index is 1.83. The first kappa shape index (κ1) is 15.0. The molecule has 2 rings (SSSR count). The van der Waals surface area contributed by atoms with Crippen LogP contribution in [0.3, 0.4) is 0 Å². The van der Waals surface area contributed by atoms with Crippen molar-refractivity contribution >= 4 is 0 Å². The van der Waals surface area contributed by atoms with E-state index in [-0.39, 0.29) is 6.61 Å². The van der Waals surface area contributed by atoms with Gasteiger partial charge in [-0.25, -0.2) is 0 Å². The Bertz CT molecular complexity index is 301. The molecule has 2 aliphatic rings. The molecule has 2 heterocycles. The van der Waals surface area contributed by atoms with Gasteiger partial charge in [0.2, 0.25) is 0 Å². The molecule has 112 valence electrons. The van der Waals surface area contributed by atoms with Crippen LogP contribution in [0.1, 0.15) is 0 Å². The van der Waals surface area contributed by atoms with Gasteiger partial charge in [0.25, 0.3) is 0 Å². The Labute approximate surface area is 108 Å². The maximum atomic E-state index is 9.59. The molecule has 6 N–H and O–H groups in total. The van der Waals surface area contributed by atoms with Crippen LogP contribution in [0, 0.1) is 0 Å². The third kappa shape index (κ3) is 2.89. The highest BCUT2D eigenvalue weighted by atomic mass is 16.7. The molecular weight excluding hydrogens is 264 g/mol. The van der Waals surface area contributed by atoms with E-state index in [0.717, 1.165) is 0 Å². The second-order valence-electron chi connectivity index (χ2n) is 4.59. The highest BCUT2D eigenvalue weighted by molar-refractivity contribution is 4.88. The summed E-state index contributed by atoms with van der Waals surface area (Å²) in [6.07, 6.45) is -10.00. The van der Waals surface area contributed by atoms with Crippen LogP contribution < -0.4 is 0 Å². The third-order valence-electron chi connectivity index (χ3n) is 3.26. The lowest BCUT2D eigenvalue weighted by Gasteiger charge is -2.19. The summed E-state index contributed by atoms with van der Waals surface area (Å²) in [4.78, 5) is 0. The van der Waals surface area contributed by atoms with Crippen LogP contribution in [0.4, 0.5) is 0 Å². The van der Waals surface area contributed by atoms with Gasteiger partial charge in [-0.2, -0.15) is 0 Å². The van der Waals surface area contributed by atoms with E-state index in [4.69, 9.17) is 24.4 Å². The molecule has 0 radical (unpaired) electrons. The van der Waals surface area contributed by atoms with Crippen molar-refractivity contribution in [2.75, 3.05) is 13.2 Å². The SMILES string of the molecule is OC[C@H]1OC(OC[C@H]2OC(O)[C@@H](O)[C@@H]2O)[C@@H](O)[C@@H]1O. The summed E-state index contributed by atoms with van der Waals surface area (Å²) in [5.41, 5.74) is 0. The van der Waals surface area contributed by atoms with E-state index < -0.39 is 55.8 Å². The summed E-state index contributed by atoms with van der Waals surface area (Å²) in [7, 11) is 0. The summed E-state index contributed by atoms with van der Waals surface area (Å²) >= 11 is 0. The largest absolute Gasteiger partial charge is 0.394 e. The quantitative estimate of drug-likeness (QED) is 0.302. The number of hydrogen-bond donors (Lipinski definition) is 6. The number of aliphatic hydroxyl groups excluding tert-OH is 6. The first-order chi connectivity index (χ1) is 8.95. The molecule has 0 amide bonds. The van der Waals surface area contributed by atoms with Crippen LogP contribution in [0.15, 0.2) is 0 Å². The van der Waals surface area contributed by atoms with Crippen LogP contribution in [-0.4, -0.2) is 93.1 Å². The van der Waals surface area contributed by atoms with Gasteiger partial charge in [-0.15, -0.1) is 0 Å². The molecule has 0 bridgehead atoms. The summed E-state index contributed by atoms with van der Waals surface area (Å²) in [5.74, 6) is 0. The highest BCUT2D eigenvalue weighted by Gasteiger charge is 2.46. The summed E-state index contributed by atoms with van der Waals surface area (Å²) in [5, 5.41) is 55.9. The Morgan fingerprint density at radius 2 is 1.42 bits per heavy atom. The average molecular weight is 282 g/mol. The maximum Gasteiger partial charge on any atom is 0.186 e. The molecule has 19 heavy (non-hydrogen) atoms. The van der Waals surface area contributed by atoms with Crippen LogP contribution in [0.2, 0.25) is 0 Å². The van der Waals surface area contributed by atoms with E-state index in [1.807, 2.05) is 0 Å². The van der Waals surface area contributed by atoms with Gasteiger partial charge in [0.1, 0.15) is 36.6 Å². The topological polar surface area (TPSA) is 149 Å². The van der Waals surface area contributed by atoms with Crippen LogP contribution in [0.5, 0.6) is 0 Å². The minimum atomic E-state index is -1.51. The first-order valence-corrected chi connectivity index (χ1v) is 5.89. The molecule has 2 aliphatic heterocycles. The number of rotatable bonds is 4. The molecule has 2 saturated heterocycles. The molecule has 0 saturated carbocycles. The Kier molecular flexibility index (Phi) is 4.71. The lowest BCUT2D eigenvalue weighted by atomic mass is 10.1. The summed E-state index contributed by atoms with van der Waals surface area (Å²) < 4.78 is 15.0. The molecule has 9 heteroatoms. The van der Waals surface area contributed by atoms with Crippen molar-refractivity contribution in [1.82, 2.24) is 0 Å². The van der Waals surface area contributed by atoms with Crippen molar-refractivity contribution in [3.8, 4) is 0 Å². The zero-order valence-corrected chi connectivity index (χ0v) is 9.94. The Morgan fingerprint density at radius 1 is 0.789 bits per heavy atom. The second-order valence-corrected chi connectivity index (χ2v) is 4.59. The van der Waals surface area contributed by atoms with Crippen molar-refractivity contribution in [3.63, 3.8) is 0 Å². The van der Waals surface area contributed by atoms with Crippen LogP contribution in [0.25, 0.3) is 0 Å². The highest BCUT2D eigenvalue weighted by Crippen LogP contribution is 2.24. The molecule has 8 atom stereocenters. The van der Waals surface area contributed by atoms with Gasteiger partial charge in [-0.3, -0.25) is 0 Å². The number of ether oxygens (including phenoxy) is 3. The molecule has 0 spiro atoms. The van der Waals surface area contributed by atoms with E-state index in [1.54, 1.807) is 0 Å². The molecule has 9 nitrogen and oxygen atoms in total. The van der Waals surface area contributed by atoms with Crippen LogP contribution in [-0.2, 0) is 14.2 Å². The maximum absolute atomic E-state index is 9.59. The lowest BCUT2D eigenvalue weighted by molar-refractivity contribution is -0.197. The zero-order valence-electron chi connectivity index (χ0n) is 9.94. The van der Waals surface area contributed by atoms with Gasteiger partial charge < -0.3 is 44.8 Å². The fourth-order valence-electron chi connectivity index (χ4n) is 2.06. The normalized spacial score (nSPS) is 50.8. The van der Waals surface area contributed by atoms with E-state index in [1.165, 1.54) is 0 Å². The lowest BCUT2D eigenvalue weighted by Crippen LogP contribution is -2.38. The van der Waals surface area contributed by atoms with Gasteiger partial charge in [0.05, 0.1) is 13.2 Å². The third-order valence-corrected chi connectivity index (χ3v) is 3.26. The minimum Gasteiger partial charge on any atom is -0.394 e. The second kappa shape index (κ2) is 5.95. The first-order valence-electron chi connectivity index (χ1n) is 5.89. The number of hydrogen-bond acceptors (Lipinski definition) is 9. The molecular formula is C10H18O9. The molecule has 0 aromatic carbocycles. The Morgan fingerprint density at radius 3 is 1.89 bits per heavy atom. The van der Waals surface area contributed by atoms with Crippen molar-refractivity contribution in [3.05, 3.63) is 0 Å². The Hall–Kier alpha value is -0.360. The summed E-state index contributed by atoms with van der Waals surface area (Å²) in [6.45, 7) is -0.736. The average Bonchev–Trinajstić information content (AvgIpc) is 2.81. The van der Waals surface area contributed by atoms with Gasteiger partial charge in [0.15, 0.2) is 12.6 Å². The number of aliphatic hydroxyl groups is 6. The van der Waals surface area contributed by atoms with Gasteiger partial charge in [-0.05, 0) is 0 Å². The fraction of sp³-hybridized carbons (Fsp3) is 1.00. The predicted molar refractivity (Wildman–Crippen MR) is 56.6 cm³/mol. The molecule has 0 aromatic heterocycles. The van der Waals surface area contributed by atoms with Crippen molar-refractivity contribution in [2.24, 2.45) is 0 Å². The van der Waals surface area contributed by atoms with Crippen LogP contribution >= 0.6 is 0 Å². The van der Waals surface area contributed by atoms with E-state index in [9.17, 15) is 20.4 Å². The van der Waals surface area contributed by atoms with Crippen molar-refractivity contribution in [1.29, 1.82) is 0 Å². The van der Waals surface area contributed by atoms with Crippen molar-refractivity contribution in [2.45, 2.75) is 49.2 Å². The van der Waals surface area contributed by atoms with Gasteiger partial charge >= 0.3 is 0 Å². The van der Waals surface area contributed by atoms with E-state index >= 15 is 0 Å².